The zero-order valence-corrected chi connectivity index (χ0v) is 19.4. The van der Waals surface area contributed by atoms with Gasteiger partial charge in [-0.05, 0) is 36.6 Å². The molecule has 0 saturated carbocycles. The van der Waals surface area contributed by atoms with Crippen molar-refractivity contribution < 1.29 is 31.1 Å². The first-order valence-electron chi connectivity index (χ1n) is 10.2. The maximum absolute atomic E-state index is 13.2. The summed E-state index contributed by atoms with van der Waals surface area (Å²) in [4.78, 5) is 12.8. The Bertz CT molecular complexity index is 1090. The molecule has 33 heavy (non-hydrogen) atoms. The van der Waals surface area contributed by atoms with E-state index in [-0.39, 0.29) is 17.0 Å². The standard InChI is InChI=1S/C22H24ClF3N2O4S/c1-33(30,31)28(19-13-17(22(24,25)26)7-8-18(19)23)14-20(29)27-15-21(9-11-32-12-10-21)16-5-3-2-4-6-16/h2-8,13H,9-12,14-15H2,1H3,(H,27,29). The van der Waals surface area contributed by atoms with Crippen LogP contribution >= 0.6 is 11.6 Å². The molecule has 3 rings (SSSR count). The van der Waals surface area contributed by atoms with Crippen LogP contribution in [0.5, 0.6) is 0 Å². The molecule has 1 saturated heterocycles. The number of alkyl halides is 3. The second-order valence-corrected chi connectivity index (χ2v) is 10.3. The Morgan fingerprint density at radius 1 is 1.15 bits per heavy atom. The molecule has 1 fully saturated rings. The van der Waals surface area contributed by atoms with E-state index in [0.29, 0.717) is 36.4 Å². The highest BCUT2D eigenvalue weighted by Gasteiger charge is 2.36. The number of nitrogens with zero attached hydrogens (tertiary/aromatic N) is 1. The molecule has 0 bridgehead atoms. The molecule has 1 aliphatic rings. The number of hydrogen-bond acceptors (Lipinski definition) is 4. The van der Waals surface area contributed by atoms with Crippen LogP contribution < -0.4 is 9.62 Å². The van der Waals surface area contributed by atoms with Gasteiger partial charge in [0.25, 0.3) is 0 Å². The van der Waals surface area contributed by atoms with Crippen molar-refractivity contribution in [3.8, 4) is 0 Å². The summed E-state index contributed by atoms with van der Waals surface area (Å²) >= 11 is 6.01. The molecule has 2 aromatic rings. The fourth-order valence-electron chi connectivity index (χ4n) is 3.84. The van der Waals surface area contributed by atoms with Crippen LogP contribution in [0, 0.1) is 0 Å². The zero-order chi connectivity index (χ0) is 24.3. The van der Waals surface area contributed by atoms with E-state index in [1.165, 1.54) is 0 Å². The lowest BCUT2D eigenvalue weighted by Crippen LogP contribution is -2.47. The van der Waals surface area contributed by atoms with Gasteiger partial charge in [0, 0.05) is 25.2 Å². The Morgan fingerprint density at radius 3 is 2.36 bits per heavy atom. The number of benzene rings is 2. The average Bonchev–Trinajstić information content (AvgIpc) is 2.76. The van der Waals surface area contributed by atoms with E-state index in [0.717, 1.165) is 24.0 Å². The monoisotopic (exact) mass is 504 g/mol. The number of carbonyl (C=O) groups excluding carboxylic acids is 1. The highest BCUT2D eigenvalue weighted by atomic mass is 35.5. The Kier molecular flexibility index (Phi) is 7.60. The highest BCUT2D eigenvalue weighted by Crippen LogP contribution is 2.37. The predicted molar refractivity (Wildman–Crippen MR) is 120 cm³/mol. The molecule has 1 N–H and O–H groups in total. The number of sulfonamides is 1. The van der Waals surface area contributed by atoms with Gasteiger partial charge in [-0.25, -0.2) is 8.42 Å². The van der Waals surface area contributed by atoms with E-state index in [1.807, 2.05) is 30.3 Å². The van der Waals surface area contributed by atoms with Gasteiger partial charge >= 0.3 is 6.18 Å². The Morgan fingerprint density at radius 2 is 1.79 bits per heavy atom. The van der Waals surface area contributed by atoms with Crippen LogP contribution in [0.4, 0.5) is 18.9 Å². The summed E-state index contributed by atoms with van der Waals surface area (Å²) in [6, 6.07) is 11.9. The lowest BCUT2D eigenvalue weighted by molar-refractivity contribution is -0.137. The van der Waals surface area contributed by atoms with E-state index in [2.05, 4.69) is 5.32 Å². The molecule has 2 aromatic carbocycles. The van der Waals surface area contributed by atoms with Gasteiger partial charge in [-0.1, -0.05) is 41.9 Å². The number of nitrogens with one attached hydrogen (secondary N) is 1. The number of carbonyl (C=O) groups is 1. The van der Waals surface area contributed by atoms with Gasteiger partial charge in [-0.15, -0.1) is 0 Å². The smallest absolute Gasteiger partial charge is 0.381 e. The first-order valence-corrected chi connectivity index (χ1v) is 12.4. The third kappa shape index (κ3) is 6.18. The van der Waals surface area contributed by atoms with Crippen molar-refractivity contribution in [1.82, 2.24) is 5.32 Å². The van der Waals surface area contributed by atoms with Crippen molar-refractivity contribution in [1.29, 1.82) is 0 Å². The molecule has 0 spiro atoms. The summed E-state index contributed by atoms with van der Waals surface area (Å²) in [6.45, 7) is 0.550. The number of rotatable bonds is 7. The predicted octanol–water partition coefficient (Wildman–Crippen LogP) is 3.99. The Hall–Kier alpha value is -2.30. The maximum Gasteiger partial charge on any atom is 0.416 e. The molecule has 0 atom stereocenters. The summed E-state index contributed by atoms with van der Waals surface area (Å²) < 4.78 is 70.2. The van der Waals surface area contributed by atoms with E-state index >= 15 is 0 Å². The average molecular weight is 505 g/mol. The molecule has 180 valence electrons. The van der Waals surface area contributed by atoms with Crippen LogP contribution in [-0.2, 0) is 31.1 Å². The third-order valence-corrected chi connectivity index (χ3v) is 7.14. The van der Waals surface area contributed by atoms with Crippen molar-refractivity contribution in [3.63, 3.8) is 0 Å². The van der Waals surface area contributed by atoms with Gasteiger partial charge in [0.2, 0.25) is 15.9 Å². The number of ether oxygens (including phenoxy) is 1. The number of amides is 1. The molecular formula is C22H24ClF3N2O4S. The van der Waals surface area contributed by atoms with Crippen LogP contribution in [0.15, 0.2) is 48.5 Å². The minimum atomic E-state index is -4.70. The van der Waals surface area contributed by atoms with Gasteiger partial charge in [0.1, 0.15) is 6.54 Å². The maximum atomic E-state index is 13.2. The van der Waals surface area contributed by atoms with Crippen LogP contribution in [0.1, 0.15) is 24.0 Å². The molecule has 0 aliphatic carbocycles. The van der Waals surface area contributed by atoms with Crippen LogP contribution in [0.2, 0.25) is 5.02 Å². The summed E-state index contributed by atoms with van der Waals surface area (Å²) in [5, 5.41) is 2.55. The first-order chi connectivity index (χ1) is 15.4. The molecule has 11 heteroatoms. The minimum absolute atomic E-state index is 0.216. The Labute approximate surface area is 195 Å². The van der Waals surface area contributed by atoms with Crippen molar-refractivity contribution in [3.05, 3.63) is 64.7 Å². The third-order valence-electron chi connectivity index (χ3n) is 5.69. The van der Waals surface area contributed by atoms with Gasteiger partial charge in [-0.2, -0.15) is 13.2 Å². The summed E-state index contributed by atoms with van der Waals surface area (Å²) in [5.41, 5.74) is -0.845. The van der Waals surface area contributed by atoms with Crippen molar-refractivity contribution >= 4 is 33.2 Å². The molecule has 6 nitrogen and oxygen atoms in total. The molecular weight excluding hydrogens is 481 g/mol. The summed E-state index contributed by atoms with van der Waals surface area (Å²) in [5.74, 6) is -0.657. The molecule has 1 heterocycles. The summed E-state index contributed by atoms with van der Waals surface area (Å²) in [7, 11) is -4.11. The number of anilines is 1. The fraction of sp³-hybridized carbons (Fsp3) is 0.409. The van der Waals surface area contributed by atoms with E-state index in [4.69, 9.17) is 16.3 Å². The first kappa shape index (κ1) is 25.3. The van der Waals surface area contributed by atoms with E-state index in [9.17, 15) is 26.4 Å². The fourth-order valence-corrected chi connectivity index (χ4v) is 4.97. The van der Waals surface area contributed by atoms with Gasteiger partial charge in [0.15, 0.2) is 0 Å². The Balaban J connectivity index is 1.82. The van der Waals surface area contributed by atoms with Gasteiger partial charge in [0.05, 0.1) is 22.5 Å². The summed E-state index contributed by atoms with van der Waals surface area (Å²) in [6.07, 6.45) is -2.57. The van der Waals surface area contributed by atoms with Gasteiger partial charge in [-0.3, -0.25) is 9.10 Å². The highest BCUT2D eigenvalue weighted by molar-refractivity contribution is 7.92. The number of halogens is 4. The van der Waals surface area contributed by atoms with E-state index in [1.54, 1.807) is 0 Å². The number of hydrogen-bond donors (Lipinski definition) is 1. The molecule has 0 radical (unpaired) electrons. The van der Waals surface area contributed by atoms with Gasteiger partial charge < -0.3 is 10.1 Å². The minimum Gasteiger partial charge on any atom is -0.381 e. The lowest BCUT2D eigenvalue weighted by atomic mass is 9.74. The van der Waals surface area contributed by atoms with Crippen molar-refractivity contribution in [2.45, 2.75) is 24.4 Å². The van der Waals surface area contributed by atoms with Crippen LogP contribution in [0.25, 0.3) is 0 Å². The topological polar surface area (TPSA) is 75.7 Å². The van der Waals surface area contributed by atoms with Crippen LogP contribution in [0.3, 0.4) is 0 Å². The van der Waals surface area contributed by atoms with E-state index < -0.39 is 39.9 Å². The van der Waals surface area contributed by atoms with Crippen molar-refractivity contribution in [2.75, 3.05) is 36.9 Å². The largest absolute Gasteiger partial charge is 0.416 e. The molecule has 0 unspecified atom stereocenters. The zero-order valence-electron chi connectivity index (χ0n) is 17.9. The van der Waals surface area contributed by atoms with Crippen molar-refractivity contribution in [2.24, 2.45) is 0 Å². The second-order valence-electron chi connectivity index (χ2n) is 7.97. The molecule has 0 aromatic heterocycles. The van der Waals surface area contributed by atoms with Crippen LogP contribution in [-0.4, -0.2) is 46.9 Å². The normalized spacial score (nSPS) is 16.3. The molecule has 1 amide bonds. The molecule has 1 aliphatic heterocycles. The SMILES string of the molecule is CS(=O)(=O)N(CC(=O)NCC1(c2ccccc2)CCOCC1)c1cc(C(F)(F)F)ccc1Cl. The lowest BCUT2D eigenvalue weighted by Gasteiger charge is -2.38. The quantitative estimate of drug-likeness (QED) is 0.618. The second kappa shape index (κ2) is 9.90.